The molecule has 12 nitrogen and oxygen atoms in total. The second kappa shape index (κ2) is 18.4. The highest BCUT2D eigenvalue weighted by Crippen LogP contribution is 2.22. The average Bonchev–Trinajstić information content (AvgIpc) is 3.74. The summed E-state index contributed by atoms with van der Waals surface area (Å²) in [6.45, 7) is 0. The van der Waals surface area contributed by atoms with Gasteiger partial charge >= 0.3 is 17.9 Å². The van der Waals surface area contributed by atoms with E-state index in [4.69, 9.17) is 15.3 Å². The topological polar surface area (TPSA) is 204 Å². The highest BCUT2D eigenvalue weighted by molar-refractivity contribution is 7.94. The fraction of sp³-hybridized carbons (Fsp3) is 0.0976. The van der Waals surface area contributed by atoms with E-state index in [1.54, 1.807) is 84.2 Å². The first-order valence-electron chi connectivity index (χ1n) is 16.9. The van der Waals surface area contributed by atoms with Gasteiger partial charge in [-0.1, -0.05) is 54.6 Å². The van der Waals surface area contributed by atoms with Crippen LogP contribution in [-0.4, -0.2) is 50.1 Å². The van der Waals surface area contributed by atoms with Gasteiger partial charge in [0.2, 0.25) is 0 Å². The molecule has 0 atom stereocenters. The van der Waals surface area contributed by atoms with Crippen LogP contribution in [0.5, 0.6) is 0 Å². The highest BCUT2D eigenvalue weighted by Gasteiger charge is 2.17. The smallest absolute Gasteiger partial charge is 0.335 e. The molecular formula is C41H36N2O10S3. The number of thiophene rings is 1. The molecule has 0 aliphatic carbocycles. The Hall–Kier alpha value is -6.29. The highest BCUT2D eigenvalue weighted by atomic mass is 32.2. The van der Waals surface area contributed by atoms with Gasteiger partial charge in [-0.3, -0.25) is 9.44 Å². The van der Waals surface area contributed by atoms with E-state index in [-0.39, 0.29) is 25.8 Å². The van der Waals surface area contributed by atoms with Crippen molar-refractivity contribution in [2.24, 2.45) is 0 Å². The first-order valence-corrected chi connectivity index (χ1v) is 20.8. The monoisotopic (exact) mass is 812 g/mol. The summed E-state index contributed by atoms with van der Waals surface area (Å²) in [4.78, 5) is 33.0. The number of nitrogens with one attached hydrogen (secondary N) is 2. The molecule has 288 valence electrons. The second-order valence-corrected chi connectivity index (χ2v) is 16.9. The average molecular weight is 813 g/mol. The minimum atomic E-state index is -3.86. The van der Waals surface area contributed by atoms with Crippen LogP contribution < -0.4 is 9.44 Å². The Morgan fingerprint density at radius 2 is 0.875 bits per heavy atom. The molecule has 0 fully saturated rings. The largest absolute Gasteiger partial charge is 0.478 e. The molecule has 0 radical (unpaired) electrons. The molecule has 0 aliphatic heterocycles. The summed E-state index contributed by atoms with van der Waals surface area (Å²) in [5.74, 6) is -3.06. The summed E-state index contributed by atoms with van der Waals surface area (Å²) in [5, 5.41) is 28.8. The number of aromatic carboxylic acids is 3. The van der Waals surface area contributed by atoms with Gasteiger partial charge < -0.3 is 15.3 Å². The maximum absolute atomic E-state index is 12.6. The summed E-state index contributed by atoms with van der Waals surface area (Å²) in [6.07, 6.45) is 2.56. The van der Waals surface area contributed by atoms with Crippen LogP contribution in [0.1, 0.15) is 53.3 Å². The van der Waals surface area contributed by atoms with Crippen molar-refractivity contribution in [1.29, 1.82) is 0 Å². The first kappa shape index (κ1) is 40.9. The quantitative estimate of drug-likeness (QED) is 0.0683. The number of aryl methyl sites for hydroxylation is 4. The van der Waals surface area contributed by atoms with E-state index in [0.29, 0.717) is 37.1 Å². The zero-order valence-corrected chi connectivity index (χ0v) is 32.0. The van der Waals surface area contributed by atoms with Crippen molar-refractivity contribution in [3.63, 3.8) is 0 Å². The normalized spacial score (nSPS) is 11.1. The molecule has 6 aromatic rings. The van der Waals surface area contributed by atoms with E-state index in [9.17, 15) is 31.2 Å². The van der Waals surface area contributed by atoms with E-state index < -0.39 is 38.0 Å². The number of hydrogen-bond donors (Lipinski definition) is 5. The lowest BCUT2D eigenvalue weighted by atomic mass is 10.0. The molecule has 0 spiro atoms. The Labute approximate surface area is 327 Å². The lowest BCUT2D eigenvalue weighted by Gasteiger charge is -2.10. The number of carboxylic acids is 3. The third-order valence-electron chi connectivity index (χ3n) is 8.28. The van der Waals surface area contributed by atoms with E-state index in [2.05, 4.69) is 9.44 Å². The van der Waals surface area contributed by atoms with E-state index in [1.807, 2.05) is 24.3 Å². The maximum Gasteiger partial charge on any atom is 0.335 e. The molecule has 5 aromatic carbocycles. The molecule has 5 N–H and O–H groups in total. The predicted molar refractivity (Wildman–Crippen MR) is 214 cm³/mol. The molecule has 0 unspecified atom stereocenters. The molecule has 6 rings (SSSR count). The van der Waals surface area contributed by atoms with Crippen molar-refractivity contribution < 1.29 is 46.5 Å². The van der Waals surface area contributed by atoms with Crippen LogP contribution in [0.25, 0.3) is 0 Å². The summed E-state index contributed by atoms with van der Waals surface area (Å²) in [6, 6.07) is 35.9. The number of carboxylic acid groups (broad SMARTS) is 3. The van der Waals surface area contributed by atoms with Crippen LogP contribution in [0.2, 0.25) is 0 Å². The van der Waals surface area contributed by atoms with Crippen molar-refractivity contribution in [3.8, 4) is 0 Å². The van der Waals surface area contributed by atoms with Gasteiger partial charge in [0, 0.05) is 11.4 Å². The Kier molecular flexibility index (Phi) is 13.4. The van der Waals surface area contributed by atoms with E-state index in [1.165, 1.54) is 41.7 Å². The van der Waals surface area contributed by atoms with E-state index >= 15 is 0 Å². The molecule has 15 heteroatoms. The zero-order chi connectivity index (χ0) is 40.3. The van der Waals surface area contributed by atoms with Gasteiger partial charge in [0.25, 0.3) is 20.0 Å². The third-order valence-corrected chi connectivity index (χ3v) is 12.5. The Morgan fingerprint density at radius 1 is 0.464 bits per heavy atom. The molecule has 0 saturated carbocycles. The molecular weight excluding hydrogens is 777 g/mol. The van der Waals surface area contributed by atoms with Crippen LogP contribution in [0, 0.1) is 0 Å². The number of sulfonamides is 2. The minimum absolute atomic E-state index is 0.00270. The zero-order valence-electron chi connectivity index (χ0n) is 29.5. The summed E-state index contributed by atoms with van der Waals surface area (Å²) < 4.78 is 55.1. The van der Waals surface area contributed by atoms with Crippen LogP contribution in [-0.2, 0) is 45.7 Å². The summed E-state index contributed by atoms with van der Waals surface area (Å²) in [7, 11) is -7.43. The van der Waals surface area contributed by atoms with Gasteiger partial charge in [-0.05, 0) is 132 Å². The molecule has 1 heterocycles. The Balaban J connectivity index is 0.000000216. The van der Waals surface area contributed by atoms with Crippen molar-refractivity contribution in [1.82, 2.24) is 0 Å². The number of anilines is 2. The van der Waals surface area contributed by atoms with Gasteiger partial charge in [-0.25, -0.2) is 31.2 Å². The molecule has 1 aromatic heterocycles. The number of rotatable bonds is 15. The van der Waals surface area contributed by atoms with Crippen molar-refractivity contribution in [3.05, 3.63) is 178 Å². The maximum atomic E-state index is 12.6. The van der Waals surface area contributed by atoms with Gasteiger partial charge in [0.1, 0.15) is 4.21 Å². The van der Waals surface area contributed by atoms with Gasteiger partial charge in [0.15, 0.2) is 0 Å². The summed E-state index contributed by atoms with van der Waals surface area (Å²) in [5.41, 5.74) is 5.04. The van der Waals surface area contributed by atoms with Crippen LogP contribution in [0.3, 0.4) is 0 Å². The number of hydrogen-bond acceptors (Lipinski definition) is 8. The van der Waals surface area contributed by atoms with Crippen molar-refractivity contribution in [2.75, 3.05) is 9.44 Å². The van der Waals surface area contributed by atoms with Gasteiger partial charge in [-0.15, -0.1) is 11.3 Å². The van der Waals surface area contributed by atoms with Crippen LogP contribution in [0.4, 0.5) is 11.4 Å². The van der Waals surface area contributed by atoms with Crippen molar-refractivity contribution in [2.45, 2.75) is 34.8 Å². The van der Waals surface area contributed by atoms with Crippen LogP contribution >= 0.6 is 11.3 Å². The van der Waals surface area contributed by atoms with Crippen LogP contribution in [0.15, 0.2) is 148 Å². The molecule has 0 saturated heterocycles. The number of carbonyl (C=O) groups is 3. The minimum Gasteiger partial charge on any atom is -0.478 e. The lowest BCUT2D eigenvalue weighted by Crippen LogP contribution is -2.13. The lowest BCUT2D eigenvalue weighted by molar-refractivity contribution is 0.0686. The second-order valence-electron chi connectivity index (χ2n) is 12.4. The number of benzene rings is 5. The first-order chi connectivity index (χ1) is 26.7. The Morgan fingerprint density at radius 3 is 1.29 bits per heavy atom. The molecule has 0 aliphatic rings. The summed E-state index contributed by atoms with van der Waals surface area (Å²) >= 11 is 1.17. The van der Waals surface area contributed by atoms with Gasteiger partial charge in [-0.2, -0.15) is 0 Å². The molecule has 56 heavy (non-hydrogen) atoms. The fourth-order valence-corrected chi connectivity index (χ4v) is 8.58. The standard InChI is InChI=1S/C22H19NO6S.C19H17NO4S2/c24-21(25)17-9-11-20(12-10-17)30(28,29)23-19-6-2-4-16(14-19)8-7-15-3-1-5-18(13-15)22(26)27;21-19(22)16-6-1-4-14(12-16)9-10-15-5-2-7-17(13-15)20-26(23,24)18-8-3-11-25-18/h1-6,9-14,23H,7-8H2,(H,24,25)(H,26,27);1-8,11-13,20H,9-10H2,(H,21,22). The SMILES string of the molecule is O=C(O)c1ccc(S(=O)(=O)Nc2cccc(CCc3cccc(C(=O)O)c3)c2)cc1.O=C(O)c1cccc(CCc2cccc(NS(=O)(=O)c3cccs3)c2)c1. The third kappa shape index (κ3) is 11.6. The fourth-order valence-electron chi connectivity index (χ4n) is 5.49. The van der Waals surface area contributed by atoms with E-state index in [0.717, 1.165) is 22.3 Å². The van der Waals surface area contributed by atoms with Gasteiger partial charge in [0.05, 0.1) is 21.6 Å². The molecule has 0 amide bonds. The molecule has 0 bridgehead atoms. The predicted octanol–water partition coefficient (Wildman–Crippen LogP) is 7.70. The Bertz CT molecular complexity index is 2550. The van der Waals surface area contributed by atoms with Crippen molar-refractivity contribution >= 4 is 60.7 Å².